The van der Waals surface area contributed by atoms with Crippen molar-refractivity contribution in [3.8, 4) is 0 Å². The van der Waals surface area contributed by atoms with E-state index in [0.29, 0.717) is 17.9 Å². The van der Waals surface area contributed by atoms with Gasteiger partial charge in [0.25, 0.3) is 0 Å². The summed E-state index contributed by atoms with van der Waals surface area (Å²) >= 11 is 0. The molecule has 18 heavy (non-hydrogen) atoms. The zero-order valence-electron chi connectivity index (χ0n) is 10.7. The number of hydrogen-bond donors (Lipinski definition) is 1. The lowest BCUT2D eigenvalue weighted by Crippen LogP contribution is -2.35. The Labute approximate surface area is 104 Å². The lowest BCUT2D eigenvalue weighted by atomic mass is 10.1. The highest BCUT2D eigenvalue weighted by Crippen LogP contribution is 2.18. The van der Waals surface area contributed by atoms with Crippen molar-refractivity contribution in [2.45, 2.75) is 45.6 Å². The topological polar surface area (TPSA) is 34.4 Å². The zero-order valence-corrected chi connectivity index (χ0v) is 10.7. The number of furan rings is 1. The zero-order chi connectivity index (χ0) is 13.8. The number of ether oxygens (including phenoxy) is 1. The third-order valence-electron chi connectivity index (χ3n) is 2.14. The van der Waals surface area contributed by atoms with Crippen LogP contribution in [0.15, 0.2) is 16.7 Å². The molecule has 0 saturated heterocycles. The Bertz CT molecular complexity index is 366. The quantitative estimate of drug-likeness (QED) is 0.887. The van der Waals surface area contributed by atoms with Gasteiger partial charge >= 0.3 is 6.18 Å². The Hall–Kier alpha value is -1.01. The van der Waals surface area contributed by atoms with Gasteiger partial charge in [0.1, 0.15) is 12.4 Å². The Kier molecular flexibility index (Phi) is 4.81. The summed E-state index contributed by atoms with van der Waals surface area (Å²) in [5, 5.41) is 3.20. The van der Waals surface area contributed by atoms with Gasteiger partial charge < -0.3 is 14.5 Å². The van der Waals surface area contributed by atoms with Crippen molar-refractivity contribution in [3.63, 3.8) is 0 Å². The van der Waals surface area contributed by atoms with E-state index in [2.05, 4.69) is 10.1 Å². The summed E-state index contributed by atoms with van der Waals surface area (Å²) in [6.07, 6.45) is -2.85. The maximum Gasteiger partial charge on any atom is 0.411 e. The van der Waals surface area contributed by atoms with Crippen molar-refractivity contribution in [1.29, 1.82) is 0 Å². The van der Waals surface area contributed by atoms with Crippen LogP contribution < -0.4 is 5.32 Å². The van der Waals surface area contributed by atoms with E-state index in [1.807, 2.05) is 20.8 Å². The molecule has 0 saturated carbocycles. The predicted molar refractivity (Wildman–Crippen MR) is 61.0 cm³/mol. The van der Waals surface area contributed by atoms with Gasteiger partial charge in [-0.25, -0.2) is 0 Å². The van der Waals surface area contributed by atoms with Crippen LogP contribution in [-0.2, 0) is 17.9 Å². The third kappa shape index (κ3) is 6.07. The van der Waals surface area contributed by atoms with Gasteiger partial charge in [0.2, 0.25) is 0 Å². The van der Waals surface area contributed by atoms with Gasteiger partial charge in [-0.3, -0.25) is 0 Å². The van der Waals surface area contributed by atoms with Crippen molar-refractivity contribution >= 4 is 0 Å². The molecule has 0 radical (unpaired) electrons. The van der Waals surface area contributed by atoms with Crippen LogP contribution in [0.3, 0.4) is 0 Å². The molecule has 0 aliphatic carbocycles. The molecule has 0 amide bonds. The Morgan fingerprint density at radius 3 is 2.50 bits per heavy atom. The molecule has 0 bridgehead atoms. The van der Waals surface area contributed by atoms with Gasteiger partial charge in [-0.2, -0.15) is 13.2 Å². The number of halogens is 3. The van der Waals surface area contributed by atoms with E-state index < -0.39 is 12.8 Å². The Morgan fingerprint density at radius 2 is 1.94 bits per heavy atom. The minimum atomic E-state index is -4.30. The first-order valence-electron chi connectivity index (χ1n) is 5.62. The van der Waals surface area contributed by atoms with E-state index in [0.717, 1.165) is 0 Å². The second kappa shape index (κ2) is 5.75. The molecule has 0 aromatic carbocycles. The molecule has 0 atom stereocenters. The SMILES string of the molecule is CC(C)(C)NCc1occc1COCC(F)(F)F. The minimum absolute atomic E-state index is 0.0864. The monoisotopic (exact) mass is 265 g/mol. The second-order valence-corrected chi connectivity index (χ2v) is 5.08. The van der Waals surface area contributed by atoms with Crippen LogP contribution in [0.25, 0.3) is 0 Å². The number of alkyl halides is 3. The first kappa shape index (κ1) is 15.0. The molecule has 1 aromatic rings. The van der Waals surface area contributed by atoms with Crippen LogP contribution in [0, 0.1) is 0 Å². The molecule has 0 unspecified atom stereocenters. The summed E-state index contributed by atoms with van der Waals surface area (Å²) in [5.74, 6) is 0.604. The molecule has 0 fully saturated rings. The molecular formula is C12H18F3NO2. The second-order valence-electron chi connectivity index (χ2n) is 5.08. The molecular weight excluding hydrogens is 247 g/mol. The van der Waals surface area contributed by atoms with E-state index in [1.165, 1.54) is 6.26 Å². The molecule has 1 aromatic heterocycles. The summed E-state index contributed by atoms with van der Waals surface area (Å²) in [7, 11) is 0. The molecule has 104 valence electrons. The van der Waals surface area contributed by atoms with Crippen LogP contribution in [0.2, 0.25) is 0 Å². The maximum absolute atomic E-state index is 11.9. The van der Waals surface area contributed by atoms with Crippen molar-refractivity contribution in [2.24, 2.45) is 0 Å². The molecule has 0 aliphatic rings. The van der Waals surface area contributed by atoms with Crippen LogP contribution >= 0.6 is 0 Å². The standard InChI is InChI=1S/C12H18F3NO2/c1-11(2,3)16-6-10-9(4-5-18-10)7-17-8-12(13,14)15/h4-5,16H,6-8H2,1-3H3. The van der Waals surface area contributed by atoms with Crippen LogP contribution in [0.4, 0.5) is 13.2 Å². The van der Waals surface area contributed by atoms with Crippen molar-refractivity contribution in [1.82, 2.24) is 5.32 Å². The van der Waals surface area contributed by atoms with E-state index >= 15 is 0 Å². The summed E-state index contributed by atoms with van der Waals surface area (Å²) in [4.78, 5) is 0. The summed E-state index contributed by atoms with van der Waals surface area (Å²) in [5.41, 5.74) is 0.549. The molecule has 0 aliphatic heterocycles. The lowest BCUT2D eigenvalue weighted by molar-refractivity contribution is -0.176. The fraction of sp³-hybridized carbons (Fsp3) is 0.667. The number of rotatable bonds is 5. The molecule has 6 heteroatoms. The van der Waals surface area contributed by atoms with E-state index in [4.69, 9.17) is 4.42 Å². The molecule has 0 spiro atoms. The van der Waals surface area contributed by atoms with Crippen molar-refractivity contribution in [3.05, 3.63) is 23.7 Å². The van der Waals surface area contributed by atoms with Gasteiger partial charge in [-0.15, -0.1) is 0 Å². The van der Waals surface area contributed by atoms with E-state index in [1.54, 1.807) is 6.07 Å². The lowest BCUT2D eigenvalue weighted by Gasteiger charge is -2.20. The van der Waals surface area contributed by atoms with Gasteiger partial charge in [0, 0.05) is 11.1 Å². The van der Waals surface area contributed by atoms with Gasteiger partial charge in [0.05, 0.1) is 19.4 Å². The smallest absolute Gasteiger partial charge is 0.411 e. The fourth-order valence-electron chi connectivity index (χ4n) is 1.27. The minimum Gasteiger partial charge on any atom is -0.468 e. The first-order chi connectivity index (χ1) is 8.17. The van der Waals surface area contributed by atoms with Crippen molar-refractivity contribution in [2.75, 3.05) is 6.61 Å². The average Bonchev–Trinajstić information content (AvgIpc) is 2.59. The summed E-state index contributed by atoms with van der Waals surface area (Å²) in [6, 6.07) is 1.62. The number of nitrogens with one attached hydrogen (secondary N) is 1. The number of hydrogen-bond acceptors (Lipinski definition) is 3. The van der Waals surface area contributed by atoms with Crippen molar-refractivity contribution < 1.29 is 22.3 Å². The Morgan fingerprint density at radius 1 is 1.28 bits per heavy atom. The van der Waals surface area contributed by atoms with Crippen LogP contribution in [0.5, 0.6) is 0 Å². The Balaban J connectivity index is 2.45. The summed E-state index contributed by atoms with van der Waals surface area (Å²) < 4.78 is 45.6. The molecule has 3 nitrogen and oxygen atoms in total. The van der Waals surface area contributed by atoms with E-state index in [-0.39, 0.29) is 12.1 Å². The van der Waals surface area contributed by atoms with Gasteiger partial charge in [-0.1, -0.05) is 0 Å². The van der Waals surface area contributed by atoms with Crippen LogP contribution in [0.1, 0.15) is 32.1 Å². The maximum atomic E-state index is 11.9. The third-order valence-corrected chi connectivity index (χ3v) is 2.14. The predicted octanol–water partition coefficient (Wildman–Crippen LogP) is 3.25. The fourth-order valence-corrected chi connectivity index (χ4v) is 1.27. The molecule has 1 N–H and O–H groups in total. The van der Waals surface area contributed by atoms with E-state index in [9.17, 15) is 13.2 Å². The highest BCUT2D eigenvalue weighted by atomic mass is 19.4. The van der Waals surface area contributed by atoms with Crippen LogP contribution in [-0.4, -0.2) is 18.3 Å². The summed E-state index contributed by atoms with van der Waals surface area (Å²) in [6.45, 7) is 5.10. The molecule has 1 heterocycles. The normalized spacial score (nSPS) is 13.0. The highest BCUT2D eigenvalue weighted by Gasteiger charge is 2.27. The largest absolute Gasteiger partial charge is 0.468 e. The van der Waals surface area contributed by atoms with Gasteiger partial charge in [-0.05, 0) is 26.8 Å². The first-order valence-corrected chi connectivity index (χ1v) is 5.62. The van der Waals surface area contributed by atoms with Gasteiger partial charge in [0.15, 0.2) is 0 Å². The average molecular weight is 265 g/mol. The highest BCUT2D eigenvalue weighted by molar-refractivity contribution is 5.16. The molecule has 1 rings (SSSR count).